The van der Waals surface area contributed by atoms with Crippen molar-refractivity contribution >= 4 is 21.5 Å². The van der Waals surface area contributed by atoms with E-state index in [-0.39, 0.29) is 17.2 Å². The number of hydrogen-bond donors (Lipinski definition) is 1. The minimum absolute atomic E-state index is 0.0498. The number of nitrogens with one attached hydrogen (secondary N) is 1. The van der Waals surface area contributed by atoms with Crippen molar-refractivity contribution in [2.45, 2.75) is 4.90 Å². The molecule has 2 aromatic carbocycles. The van der Waals surface area contributed by atoms with Gasteiger partial charge >= 0.3 is 0 Å². The van der Waals surface area contributed by atoms with E-state index in [9.17, 15) is 13.2 Å². The van der Waals surface area contributed by atoms with Crippen LogP contribution in [0.1, 0.15) is 10.4 Å². The van der Waals surface area contributed by atoms with Crippen molar-refractivity contribution in [3.63, 3.8) is 0 Å². The first-order valence-corrected chi connectivity index (χ1v) is 10.0. The highest BCUT2D eigenvalue weighted by atomic mass is 32.2. The van der Waals surface area contributed by atoms with Gasteiger partial charge < -0.3 is 14.8 Å². The van der Waals surface area contributed by atoms with E-state index >= 15 is 0 Å². The van der Waals surface area contributed by atoms with E-state index in [1.54, 1.807) is 25.3 Å². The molecule has 0 saturated carbocycles. The number of carbonyl (C=O) groups excluding carboxylic acids is 1. The highest BCUT2D eigenvalue weighted by molar-refractivity contribution is 7.89. The van der Waals surface area contributed by atoms with Crippen molar-refractivity contribution in [1.29, 1.82) is 0 Å². The molecule has 3 rings (SSSR count). The summed E-state index contributed by atoms with van der Waals surface area (Å²) >= 11 is 0. The second-order valence-electron chi connectivity index (χ2n) is 6.05. The van der Waals surface area contributed by atoms with Crippen LogP contribution < -0.4 is 10.1 Å². The van der Waals surface area contributed by atoms with Crippen molar-refractivity contribution < 1.29 is 22.7 Å². The van der Waals surface area contributed by atoms with E-state index in [1.165, 1.54) is 16.4 Å². The number of ether oxygens (including phenoxy) is 2. The zero-order chi connectivity index (χ0) is 19.3. The lowest BCUT2D eigenvalue weighted by atomic mass is 10.1. The summed E-state index contributed by atoms with van der Waals surface area (Å²) in [4.78, 5) is 12.6. The maximum absolute atomic E-state index is 12.7. The molecule has 0 aromatic heterocycles. The first-order valence-electron chi connectivity index (χ1n) is 8.60. The van der Waals surface area contributed by atoms with Gasteiger partial charge in [-0.25, -0.2) is 8.42 Å². The number of nitrogens with zero attached hydrogens (tertiary/aromatic N) is 1. The number of Topliss-reactive ketones (excluding diaryl/α,β-unsaturated/α-hetero) is 1. The molecule has 0 aliphatic carbocycles. The summed E-state index contributed by atoms with van der Waals surface area (Å²) in [6, 6.07) is 13.4. The lowest BCUT2D eigenvalue weighted by Gasteiger charge is -2.26. The van der Waals surface area contributed by atoms with Gasteiger partial charge in [0.15, 0.2) is 5.78 Å². The summed E-state index contributed by atoms with van der Waals surface area (Å²) in [6.07, 6.45) is 0. The van der Waals surface area contributed by atoms with Gasteiger partial charge in [0.1, 0.15) is 5.75 Å². The Balaban J connectivity index is 1.71. The molecule has 1 fully saturated rings. The number of morpholine rings is 1. The zero-order valence-corrected chi connectivity index (χ0v) is 15.9. The molecule has 1 aliphatic heterocycles. The van der Waals surface area contributed by atoms with Gasteiger partial charge in [0.2, 0.25) is 10.0 Å². The van der Waals surface area contributed by atoms with E-state index in [4.69, 9.17) is 9.47 Å². The predicted molar refractivity (Wildman–Crippen MR) is 102 cm³/mol. The summed E-state index contributed by atoms with van der Waals surface area (Å²) in [6.45, 7) is 1.44. The number of anilines is 1. The molecule has 0 spiro atoms. The molecule has 1 saturated heterocycles. The van der Waals surface area contributed by atoms with Crippen molar-refractivity contribution in [1.82, 2.24) is 4.31 Å². The third kappa shape index (κ3) is 4.65. The molecule has 144 valence electrons. The Morgan fingerprint density at radius 3 is 2.63 bits per heavy atom. The fraction of sp³-hybridized carbons (Fsp3) is 0.316. The molecule has 0 amide bonds. The summed E-state index contributed by atoms with van der Waals surface area (Å²) in [5.41, 5.74) is 1.10. The third-order valence-corrected chi connectivity index (χ3v) is 6.18. The molecule has 7 nitrogen and oxygen atoms in total. The van der Waals surface area contributed by atoms with Gasteiger partial charge in [-0.1, -0.05) is 18.2 Å². The number of carbonyl (C=O) groups is 1. The number of methoxy groups -OCH3 is 1. The van der Waals surface area contributed by atoms with E-state index < -0.39 is 10.0 Å². The van der Waals surface area contributed by atoms with E-state index in [1.807, 2.05) is 18.2 Å². The van der Waals surface area contributed by atoms with Crippen molar-refractivity contribution in [3.05, 3.63) is 54.1 Å². The molecule has 2 aromatic rings. The Bertz CT molecular complexity index is 908. The average molecular weight is 390 g/mol. The van der Waals surface area contributed by atoms with Crippen LogP contribution >= 0.6 is 0 Å². The standard InChI is InChI=1S/C19H22N2O5S/c1-25-17-6-3-5-16(13-17)20-14-19(22)15-4-2-7-18(12-15)27(23,24)21-8-10-26-11-9-21/h2-7,12-13,20H,8-11,14H2,1H3. The molecule has 1 aliphatic rings. The van der Waals surface area contributed by atoms with Crippen molar-refractivity contribution in [2.24, 2.45) is 0 Å². The quantitative estimate of drug-likeness (QED) is 0.728. The average Bonchev–Trinajstić information content (AvgIpc) is 2.73. The molecule has 0 bridgehead atoms. The zero-order valence-electron chi connectivity index (χ0n) is 15.1. The smallest absolute Gasteiger partial charge is 0.243 e. The van der Waals surface area contributed by atoms with E-state index in [0.717, 1.165) is 5.69 Å². The van der Waals surface area contributed by atoms with Crippen molar-refractivity contribution in [2.75, 3.05) is 45.3 Å². The lowest BCUT2D eigenvalue weighted by molar-refractivity contribution is 0.0730. The number of ketones is 1. The maximum Gasteiger partial charge on any atom is 0.243 e. The molecular weight excluding hydrogens is 368 g/mol. The minimum Gasteiger partial charge on any atom is -0.497 e. The first-order chi connectivity index (χ1) is 13.0. The monoisotopic (exact) mass is 390 g/mol. The highest BCUT2D eigenvalue weighted by Crippen LogP contribution is 2.20. The Morgan fingerprint density at radius 1 is 1.15 bits per heavy atom. The molecule has 1 N–H and O–H groups in total. The Morgan fingerprint density at radius 2 is 1.89 bits per heavy atom. The van der Waals surface area contributed by atoms with Crippen LogP contribution in [0.3, 0.4) is 0 Å². The molecule has 0 atom stereocenters. The largest absolute Gasteiger partial charge is 0.497 e. The van der Waals surface area contributed by atoms with Crippen molar-refractivity contribution in [3.8, 4) is 5.75 Å². The second kappa shape index (κ2) is 8.51. The number of benzene rings is 2. The highest BCUT2D eigenvalue weighted by Gasteiger charge is 2.26. The van der Waals surface area contributed by atoms with Crippen LogP contribution in [0.25, 0.3) is 0 Å². The van der Waals surface area contributed by atoms with E-state index in [0.29, 0.717) is 37.6 Å². The Kier molecular flexibility index (Phi) is 6.10. The third-order valence-electron chi connectivity index (χ3n) is 4.29. The van der Waals surface area contributed by atoms with Crippen LogP contribution in [0.4, 0.5) is 5.69 Å². The normalized spacial score (nSPS) is 15.3. The minimum atomic E-state index is -3.63. The topological polar surface area (TPSA) is 84.9 Å². The van der Waals surface area contributed by atoms with Crippen LogP contribution in [0.15, 0.2) is 53.4 Å². The van der Waals surface area contributed by atoms with E-state index in [2.05, 4.69) is 5.32 Å². The van der Waals surface area contributed by atoms with Gasteiger partial charge in [-0.2, -0.15) is 4.31 Å². The molecule has 8 heteroatoms. The van der Waals surface area contributed by atoms with Gasteiger partial charge in [0.25, 0.3) is 0 Å². The summed E-state index contributed by atoms with van der Waals surface area (Å²) in [5.74, 6) is 0.489. The van der Waals surface area contributed by atoms with Gasteiger partial charge in [-0.3, -0.25) is 4.79 Å². The fourth-order valence-corrected chi connectivity index (χ4v) is 4.24. The molecular formula is C19H22N2O5S. The van der Waals surface area contributed by atoms with Gasteiger partial charge in [-0.15, -0.1) is 0 Å². The summed E-state index contributed by atoms with van der Waals surface area (Å²) in [7, 11) is -2.06. The molecule has 0 radical (unpaired) electrons. The van der Waals surface area contributed by atoms with Crippen LogP contribution in [0.5, 0.6) is 5.75 Å². The second-order valence-corrected chi connectivity index (χ2v) is 7.99. The Hall–Kier alpha value is -2.42. The van der Waals surface area contributed by atoms with Crippen LogP contribution in [0.2, 0.25) is 0 Å². The van der Waals surface area contributed by atoms with Crippen LogP contribution in [-0.4, -0.2) is 58.5 Å². The molecule has 1 heterocycles. The summed E-state index contributed by atoms with van der Waals surface area (Å²) < 4.78 is 37.2. The number of rotatable bonds is 7. The summed E-state index contributed by atoms with van der Waals surface area (Å²) in [5, 5.41) is 3.03. The first kappa shape index (κ1) is 19.3. The number of hydrogen-bond acceptors (Lipinski definition) is 6. The maximum atomic E-state index is 12.7. The molecule has 0 unspecified atom stereocenters. The SMILES string of the molecule is COc1cccc(NCC(=O)c2cccc(S(=O)(=O)N3CCOCC3)c2)c1. The van der Waals surface area contributed by atoms with Gasteiger partial charge in [0, 0.05) is 30.4 Å². The Labute approximate surface area is 158 Å². The lowest BCUT2D eigenvalue weighted by Crippen LogP contribution is -2.40. The predicted octanol–water partition coefficient (Wildman–Crippen LogP) is 2.01. The van der Waals surface area contributed by atoms with Gasteiger partial charge in [0.05, 0.1) is 31.8 Å². The van der Waals surface area contributed by atoms with Crippen LogP contribution in [0, 0.1) is 0 Å². The van der Waals surface area contributed by atoms with Gasteiger partial charge in [-0.05, 0) is 24.3 Å². The molecule has 27 heavy (non-hydrogen) atoms. The number of sulfonamides is 1. The fourth-order valence-electron chi connectivity index (χ4n) is 2.78. The van der Waals surface area contributed by atoms with Crippen LogP contribution in [-0.2, 0) is 14.8 Å².